The highest BCUT2D eigenvalue weighted by Gasteiger charge is 2.52. The molecular weight excluding hydrogens is 489 g/mol. The Hall–Kier alpha value is -0.840. The fourth-order valence-electron chi connectivity index (χ4n) is 2.93. The van der Waals surface area contributed by atoms with Crippen LogP contribution in [0.25, 0.3) is 0 Å². The lowest BCUT2D eigenvalue weighted by molar-refractivity contribution is -0.301. The molecule has 0 bridgehead atoms. The first-order valence-corrected chi connectivity index (χ1v) is 11.7. The second-order valence-electron chi connectivity index (χ2n) is 7.24. The molecule has 1 N–H and O–H groups in total. The number of carbonyl (C=O) groups excluding carboxylic acids is 2. The van der Waals surface area contributed by atoms with E-state index in [-0.39, 0.29) is 6.61 Å². The van der Waals surface area contributed by atoms with E-state index in [9.17, 15) is 9.59 Å². The molecule has 1 rings (SSSR count). The van der Waals surface area contributed by atoms with Gasteiger partial charge in [-0.3, -0.25) is 15.0 Å². The smallest absolute Gasteiger partial charge is 0.303 e. The molecule has 32 heavy (non-hydrogen) atoms. The first kappa shape index (κ1) is 29.2. The standard InChI is InChI=1S/C20H32Cl3NO8/c1-5-7-9-27-15-14(11-29-12(3)25)31-18(32-19(24)20(21,22)23)17(30-13(4)26)16(15)28-10-8-6-2/h14-18,24H,5-11H2,1-4H3. The maximum atomic E-state index is 11.8. The zero-order valence-electron chi connectivity index (χ0n) is 18.7. The van der Waals surface area contributed by atoms with Crippen LogP contribution in [0.2, 0.25) is 0 Å². The van der Waals surface area contributed by atoms with Crippen LogP contribution in [0.15, 0.2) is 0 Å². The van der Waals surface area contributed by atoms with Gasteiger partial charge in [0.25, 0.3) is 3.79 Å². The van der Waals surface area contributed by atoms with Crippen LogP contribution in [0.1, 0.15) is 53.4 Å². The predicted molar refractivity (Wildman–Crippen MR) is 119 cm³/mol. The molecule has 0 spiro atoms. The van der Waals surface area contributed by atoms with Gasteiger partial charge in [-0.2, -0.15) is 0 Å². The second-order valence-corrected chi connectivity index (χ2v) is 9.52. The Kier molecular flexibility index (Phi) is 13.2. The number of esters is 2. The van der Waals surface area contributed by atoms with Gasteiger partial charge in [0.15, 0.2) is 6.10 Å². The Labute approximate surface area is 203 Å². The van der Waals surface area contributed by atoms with Gasteiger partial charge < -0.3 is 28.4 Å². The minimum Gasteiger partial charge on any atom is -0.463 e. The molecule has 0 saturated carbocycles. The van der Waals surface area contributed by atoms with Crippen LogP contribution in [-0.2, 0) is 38.0 Å². The molecule has 0 aromatic heterocycles. The normalized spacial score (nSPS) is 25.8. The van der Waals surface area contributed by atoms with Crippen molar-refractivity contribution >= 4 is 52.6 Å². The van der Waals surface area contributed by atoms with Crippen molar-refractivity contribution in [3.05, 3.63) is 0 Å². The molecule has 1 heterocycles. The van der Waals surface area contributed by atoms with Crippen molar-refractivity contribution in [3.63, 3.8) is 0 Å². The summed E-state index contributed by atoms with van der Waals surface area (Å²) >= 11 is 17.2. The summed E-state index contributed by atoms with van der Waals surface area (Å²) in [7, 11) is 0. The second kappa shape index (κ2) is 14.4. The third-order valence-corrected chi connectivity index (χ3v) is 4.97. The number of unbranched alkanes of at least 4 members (excludes halogenated alkanes) is 2. The van der Waals surface area contributed by atoms with Crippen LogP contribution >= 0.6 is 34.8 Å². The molecule has 0 aliphatic carbocycles. The van der Waals surface area contributed by atoms with E-state index in [1.165, 1.54) is 13.8 Å². The van der Waals surface area contributed by atoms with Gasteiger partial charge in [0.2, 0.25) is 12.2 Å². The molecule has 1 saturated heterocycles. The Balaban J connectivity index is 3.27. The van der Waals surface area contributed by atoms with E-state index < -0.39 is 52.3 Å². The third kappa shape index (κ3) is 9.97. The summed E-state index contributed by atoms with van der Waals surface area (Å²) in [6.07, 6.45) is -1.64. The third-order valence-electron chi connectivity index (χ3n) is 4.45. The Morgan fingerprint density at radius 1 is 0.906 bits per heavy atom. The summed E-state index contributed by atoms with van der Waals surface area (Å²) in [4.78, 5) is 23.3. The highest BCUT2D eigenvalue weighted by atomic mass is 35.6. The zero-order valence-corrected chi connectivity index (χ0v) is 21.0. The number of halogens is 3. The van der Waals surface area contributed by atoms with Crippen molar-refractivity contribution in [2.24, 2.45) is 0 Å². The summed E-state index contributed by atoms with van der Waals surface area (Å²) in [6, 6.07) is 0. The molecule has 1 aliphatic rings. The number of rotatable bonds is 12. The van der Waals surface area contributed by atoms with Crippen molar-refractivity contribution in [3.8, 4) is 0 Å². The number of hydrogen-bond donors (Lipinski definition) is 1. The predicted octanol–water partition coefficient (Wildman–Crippen LogP) is 3.94. The molecule has 5 atom stereocenters. The Bertz CT molecular complexity index is 616. The SMILES string of the molecule is CCCCOC1C(COC(C)=O)OC(OC(=N)C(Cl)(Cl)Cl)C(OC(C)=O)C1OCCCC. The van der Waals surface area contributed by atoms with E-state index in [1.54, 1.807) is 0 Å². The van der Waals surface area contributed by atoms with Crippen molar-refractivity contribution < 1.29 is 38.0 Å². The first-order chi connectivity index (χ1) is 15.0. The van der Waals surface area contributed by atoms with E-state index >= 15 is 0 Å². The topological polar surface area (TPSA) is 113 Å². The van der Waals surface area contributed by atoms with Crippen molar-refractivity contribution in [1.82, 2.24) is 0 Å². The lowest BCUT2D eigenvalue weighted by Gasteiger charge is -2.45. The van der Waals surface area contributed by atoms with Crippen molar-refractivity contribution in [2.75, 3.05) is 19.8 Å². The van der Waals surface area contributed by atoms with Gasteiger partial charge in [0.1, 0.15) is 24.9 Å². The molecule has 5 unspecified atom stereocenters. The molecule has 0 aromatic carbocycles. The minimum absolute atomic E-state index is 0.173. The van der Waals surface area contributed by atoms with Gasteiger partial charge in [-0.1, -0.05) is 61.5 Å². The average molecular weight is 521 g/mol. The number of carbonyl (C=O) groups is 2. The highest BCUT2D eigenvalue weighted by molar-refractivity contribution is 6.76. The van der Waals surface area contributed by atoms with Gasteiger partial charge in [0, 0.05) is 27.1 Å². The number of hydrogen-bond acceptors (Lipinski definition) is 9. The van der Waals surface area contributed by atoms with Gasteiger partial charge in [-0.05, 0) is 12.8 Å². The number of ether oxygens (including phenoxy) is 6. The Morgan fingerprint density at radius 2 is 1.47 bits per heavy atom. The van der Waals surface area contributed by atoms with Gasteiger partial charge in [-0.15, -0.1) is 0 Å². The summed E-state index contributed by atoms with van der Waals surface area (Å²) in [5, 5.41) is 7.91. The maximum Gasteiger partial charge on any atom is 0.303 e. The molecule has 0 radical (unpaired) electrons. The summed E-state index contributed by atoms with van der Waals surface area (Å²) < 4.78 is 31.8. The van der Waals surface area contributed by atoms with E-state index in [0.717, 1.165) is 25.7 Å². The number of nitrogens with one attached hydrogen (secondary N) is 1. The molecule has 186 valence electrons. The largest absolute Gasteiger partial charge is 0.463 e. The molecule has 9 nitrogen and oxygen atoms in total. The van der Waals surface area contributed by atoms with Crippen LogP contribution in [0.5, 0.6) is 0 Å². The number of alkyl halides is 3. The maximum absolute atomic E-state index is 11.8. The fourth-order valence-corrected chi connectivity index (χ4v) is 3.06. The molecule has 12 heteroatoms. The molecule has 1 fully saturated rings. The monoisotopic (exact) mass is 519 g/mol. The van der Waals surface area contributed by atoms with Crippen LogP contribution < -0.4 is 0 Å². The highest BCUT2D eigenvalue weighted by Crippen LogP contribution is 2.33. The molecule has 0 aromatic rings. The van der Waals surface area contributed by atoms with E-state index in [4.69, 9.17) is 68.6 Å². The minimum atomic E-state index is -2.16. The van der Waals surface area contributed by atoms with E-state index in [2.05, 4.69) is 0 Å². The summed E-state index contributed by atoms with van der Waals surface area (Å²) in [6.45, 7) is 7.06. The van der Waals surface area contributed by atoms with Crippen molar-refractivity contribution in [2.45, 2.75) is 87.9 Å². The fraction of sp³-hybridized carbons (Fsp3) is 0.850. The van der Waals surface area contributed by atoms with Crippen LogP contribution in [0, 0.1) is 5.41 Å². The van der Waals surface area contributed by atoms with Crippen LogP contribution in [0.3, 0.4) is 0 Å². The van der Waals surface area contributed by atoms with Crippen LogP contribution in [-0.4, -0.2) is 72.2 Å². The van der Waals surface area contributed by atoms with Gasteiger partial charge in [0.05, 0.1) is 0 Å². The quantitative estimate of drug-likeness (QED) is 0.135. The van der Waals surface area contributed by atoms with Crippen LogP contribution in [0.4, 0.5) is 0 Å². The lowest BCUT2D eigenvalue weighted by Crippen LogP contribution is -2.63. The molecule has 1 aliphatic heterocycles. The zero-order chi connectivity index (χ0) is 24.3. The van der Waals surface area contributed by atoms with Gasteiger partial charge >= 0.3 is 11.9 Å². The van der Waals surface area contributed by atoms with Gasteiger partial charge in [-0.25, -0.2) is 0 Å². The van der Waals surface area contributed by atoms with E-state index in [1.807, 2.05) is 13.8 Å². The summed E-state index contributed by atoms with van der Waals surface area (Å²) in [5.41, 5.74) is 0. The average Bonchev–Trinajstić information content (AvgIpc) is 2.69. The molecular formula is C20H32Cl3NO8. The lowest BCUT2D eigenvalue weighted by atomic mass is 9.98. The molecule has 0 amide bonds. The van der Waals surface area contributed by atoms with E-state index in [0.29, 0.717) is 13.2 Å². The first-order valence-electron chi connectivity index (χ1n) is 10.5. The Morgan fingerprint density at radius 3 is 1.94 bits per heavy atom. The summed E-state index contributed by atoms with van der Waals surface area (Å²) in [5.74, 6) is -1.87. The van der Waals surface area contributed by atoms with Crippen molar-refractivity contribution in [1.29, 1.82) is 5.41 Å².